The average molecular weight is 335 g/mol. The molecule has 0 radical (unpaired) electrons. The summed E-state index contributed by atoms with van der Waals surface area (Å²) in [6, 6.07) is 8.05. The van der Waals surface area contributed by atoms with Gasteiger partial charge in [-0.1, -0.05) is 29.3 Å². The van der Waals surface area contributed by atoms with Gasteiger partial charge in [-0.15, -0.1) is 0 Å². The summed E-state index contributed by atoms with van der Waals surface area (Å²) in [6.07, 6.45) is 3.88. The lowest BCUT2D eigenvalue weighted by atomic mass is 10.2. The van der Waals surface area contributed by atoms with Gasteiger partial charge in [-0.3, -0.25) is 0 Å². The van der Waals surface area contributed by atoms with E-state index in [-0.39, 0.29) is 0 Å². The quantitative estimate of drug-likeness (QED) is 0.763. The second-order valence-electron chi connectivity index (χ2n) is 4.66. The predicted octanol–water partition coefficient (Wildman–Crippen LogP) is 4.50. The fourth-order valence-electron chi connectivity index (χ4n) is 1.79. The monoisotopic (exact) mass is 334 g/mol. The summed E-state index contributed by atoms with van der Waals surface area (Å²) in [7, 11) is 0. The van der Waals surface area contributed by atoms with E-state index in [1.807, 2.05) is 18.2 Å². The molecule has 2 aromatic rings. The number of halogens is 1. The molecule has 0 saturated carbocycles. The second kappa shape index (κ2) is 7.24. The lowest BCUT2D eigenvalue weighted by molar-refractivity contribution is 0.830. The summed E-state index contributed by atoms with van der Waals surface area (Å²) in [5.74, 6) is 1.64. The molecule has 20 heavy (non-hydrogen) atoms. The Morgan fingerprint density at radius 3 is 2.70 bits per heavy atom. The number of unbranched alkanes of at least 4 members (excludes halogenated alkanes) is 1. The molecular formula is C15H19BrN4. The van der Waals surface area contributed by atoms with Crippen LogP contribution in [0.3, 0.4) is 0 Å². The molecule has 1 aromatic heterocycles. The van der Waals surface area contributed by atoms with E-state index in [0.717, 1.165) is 34.8 Å². The minimum atomic E-state index is 0.792. The highest BCUT2D eigenvalue weighted by Gasteiger charge is 2.01. The fraction of sp³-hybridized carbons (Fsp3) is 0.333. The largest absolute Gasteiger partial charge is 0.370 e. The molecule has 2 N–H and O–H groups in total. The number of hydrogen-bond acceptors (Lipinski definition) is 4. The summed E-state index contributed by atoms with van der Waals surface area (Å²) in [5.41, 5.74) is 2.20. The van der Waals surface area contributed by atoms with Crippen molar-refractivity contribution in [2.24, 2.45) is 0 Å². The molecule has 4 nitrogen and oxygen atoms in total. The van der Waals surface area contributed by atoms with Crippen LogP contribution in [0.25, 0.3) is 0 Å². The van der Waals surface area contributed by atoms with Gasteiger partial charge in [0.15, 0.2) is 0 Å². The van der Waals surface area contributed by atoms with E-state index in [0.29, 0.717) is 0 Å². The van der Waals surface area contributed by atoms with Gasteiger partial charge in [0.25, 0.3) is 0 Å². The van der Waals surface area contributed by atoms with Gasteiger partial charge >= 0.3 is 0 Å². The number of aromatic nitrogens is 2. The number of nitrogens with one attached hydrogen (secondary N) is 2. The van der Waals surface area contributed by atoms with Crippen LogP contribution < -0.4 is 10.6 Å². The van der Waals surface area contributed by atoms with Crippen molar-refractivity contribution in [1.29, 1.82) is 0 Å². The van der Waals surface area contributed by atoms with Crippen LogP contribution in [0, 0.1) is 6.92 Å². The van der Waals surface area contributed by atoms with Crippen molar-refractivity contribution in [3.8, 4) is 0 Å². The number of nitrogens with zero attached hydrogens (tertiary/aromatic N) is 2. The first-order valence-corrected chi connectivity index (χ1v) is 7.57. The molecule has 1 heterocycles. The van der Waals surface area contributed by atoms with Crippen LogP contribution in [0.2, 0.25) is 0 Å². The molecule has 0 unspecified atom stereocenters. The number of rotatable bonds is 6. The highest BCUT2D eigenvalue weighted by Crippen LogP contribution is 2.22. The molecular weight excluding hydrogens is 316 g/mol. The van der Waals surface area contributed by atoms with E-state index in [4.69, 9.17) is 0 Å². The second-order valence-corrected chi connectivity index (χ2v) is 5.51. The number of hydrogen-bond donors (Lipinski definition) is 2. The molecule has 0 aliphatic carbocycles. The Morgan fingerprint density at radius 2 is 1.95 bits per heavy atom. The number of aryl methyl sites for hydroxylation is 1. The molecule has 0 fully saturated rings. The van der Waals surface area contributed by atoms with Gasteiger partial charge in [0.1, 0.15) is 18.0 Å². The minimum Gasteiger partial charge on any atom is -0.370 e. The van der Waals surface area contributed by atoms with Crippen LogP contribution in [0.4, 0.5) is 17.3 Å². The van der Waals surface area contributed by atoms with Crippen LogP contribution in [0.1, 0.15) is 25.3 Å². The van der Waals surface area contributed by atoms with Gasteiger partial charge in [-0.25, -0.2) is 9.97 Å². The van der Waals surface area contributed by atoms with E-state index in [9.17, 15) is 0 Å². The van der Waals surface area contributed by atoms with Crippen molar-refractivity contribution in [2.75, 3.05) is 17.2 Å². The van der Waals surface area contributed by atoms with E-state index in [2.05, 4.69) is 56.4 Å². The Hall–Kier alpha value is -1.62. The van der Waals surface area contributed by atoms with Gasteiger partial charge in [-0.05, 0) is 37.1 Å². The molecule has 0 amide bonds. The lowest BCUT2D eigenvalue weighted by Gasteiger charge is -2.09. The standard InChI is InChI=1S/C15H19BrN4/c1-3-4-7-17-14-9-15(19-10-18-14)20-12-5-6-13(16)11(2)8-12/h5-6,8-10H,3-4,7H2,1-2H3,(H2,17,18,19,20). The normalized spacial score (nSPS) is 10.3. The molecule has 0 atom stereocenters. The first kappa shape index (κ1) is 14.8. The van der Waals surface area contributed by atoms with Crippen molar-refractivity contribution >= 4 is 33.3 Å². The summed E-state index contributed by atoms with van der Waals surface area (Å²) >= 11 is 3.50. The highest BCUT2D eigenvalue weighted by molar-refractivity contribution is 9.10. The first-order valence-electron chi connectivity index (χ1n) is 6.78. The molecule has 1 aromatic carbocycles. The van der Waals surface area contributed by atoms with Gasteiger partial charge < -0.3 is 10.6 Å². The Balaban J connectivity index is 2.05. The molecule has 5 heteroatoms. The molecule has 0 aliphatic rings. The van der Waals surface area contributed by atoms with Crippen molar-refractivity contribution in [1.82, 2.24) is 9.97 Å². The highest BCUT2D eigenvalue weighted by atomic mass is 79.9. The third-order valence-corrected chi connectivity index (χ3v) is 3.82. The Kier molecular flexibility index (Phi) is 5.35. The Morgan fingerprint density at radius 1 is 1.15 bits per heavy atom. The van der Waals surface area contributed by atoms with Gasteiger partial charge in [0, 0.05) is 22.8 Å². The number of benzene rings is 1. The summed E-state index contributed by atoms with van der Waals surface area (Å²) < 4.78 is 1.10. The van der Waals surface area contributed by atoms with Crippen molar-refractivity contribution < 1.29 is 0 Å². The Bertz CT molecular complexity index is 572. The van der Waals surface area contributed by atoms with Crippen molar-refractivity contribution in [3.63, 3.8) is 0 Å². The molecule has 0 saturated heterocycles. The van der Waals surface area contributed by atoms with Crippen LogP contribution in [0.5, 0.6) is 0 Å². The maximum Gasteiger partial charge on any atom is 0.135 e. The van der Waals surface area contributed by atoms with Gasteiger partial charge in [0.2, 0.25) is 0 Å². The zero-order valence-electron chi connectivity index (χ0n) is 11.8. The SMILES string of the molecule is CCCCNc1cc(Nc2ccc(Br)c(C)c2)ncn1. The van der Waals surface area contributed by atoms with Crippen LogP contribution in [-0.2, 0) is 0 Å². The molecule has 0 aliphatic heterocycles. The van der Waals surface area contributed by atoms with Crippen LogP contribution in [0.15, 0.2) is 35.1 Å². The van der Waals surface area contributed by atoms with E-state index >= 15 is 0 Å². The molecule has 106 valence electrons. The maximum atomic E-state index is 4.24. The molecule has 0 spiro atoms. The first-order chi connectivity index (χ1) is 9.69. The van der Waals surface area contributed by atoms with E-state index < -0.39 is 0 Å². The maximum absolute atomic E-state index is 4.24. The minimum absolute atomic E-state index is 0.792. The summed E-state index contributed by atoms with van der Waals surface area (Å²) in [5, 5.41) is 6.58. The summed E-state index contributed by atoms with van der Waals surface area (Å²) in [4.78, 5) is 8.46. The van der Waals surface area contributed by atoms with Crippen molar-refractivity contribution in [2.45, 2.75) is 26.7 Å². The van der Waals surface area contributed by atoms with Gasteiger partial charge in [-0.2, -0.15) is 0 Å². The zero-order chi connectivity index (χ0) is 14.4. The van der Waals surface area contributed by atoms with Gasteiger partial charge in [0.05, 0.1) is 0 Å². The topological polar surface area (TPSA) is 49.8 Å². The fourth-order valence-corrected chi connectivity index (χ4v) is 2.03. The smallest absolute Gasteiger partial charge is 0.135 e. The molecule has 0 bridgehead atoms. The van der Waals surface area contributed by atoms with Crippen molar-refractivity contribution in [3.05, 3.63) is 40.6 Å². The van der Waals surface area contributed by atoms with Crippen LogP contribution in [-0.4, -0.2) is 16.5 Å². The molecule has 2 rings (SSSR count). The third kappa shape index (κ3) is 4.20. The Labute approximate surface area is 128 Å². The lowest BCUT2D eigenvalue weighted by Crippen LogP contribution is -2.04. The van der Waals surface area contributed by atoms with E-state index in [1.165, 1.54) is 12.0 Å². The van der Waals surface area contributed by atoms with E-state index in [1.54, 1.807) is 6.33 Å². The summed E-state index contributed by atoms with van der Waals surface area (Å²) in [6.45, 7) is 5.17. The van der Waals surface area contributed by atoms with Crippen LogP contribution >= 0.6 is 15.9 Å². The third-order valence-electron chi connectivity index (χ3n) is 2.93. The zero-order valence-corrected chi connectivity index (χ0v) is 13.4. The number of anilines is 3. The average Bonchev–Trinajstić information content (AvgIpc) is 2.44. The predicted molar refractivity (Wildman–Crippen MR) is 87.6 cm³/mol.